The van der Waals surface area contributed by atoms with Crippen LogP contribution in [0.25, 0.3) is 22.5 Å². The SMILES string of the molecule is CC(=O)NCCNC(=O)c1cc(-c2ccc(C(F)(F)F)cc2)[nH]c1-c1ccccc1[N+](=O)[O-]. The zero-order valence-electron chi connectivity index (χ0n) is 17.3. The maximum atomic E-state index is 12.9. The van der Waals surface area contributed by atoms with E-state index < -0.39 is 22.6 Å². The molecule has 0 aliphatic rings. The van der Waals surface area contributed by atoms with Crippen molar-refractivity contribution >= 4 is 17.5 Å². The minimum atomic E-state index is -4.50. The molecule has 0 spiro atoms. The number of hydrogen-bond acceptors (Lipinski definition) is 4. The van der Waals surface area contributed by atoms with Crippen molar-refractivity contribution in [1.29, 1.82) is 0 Å². The molecule has 0 radical (unpaired) electrons. The van der Waals surface area contributed by atoms with Gasteiger partial charge < -0.3 is 15.6 Å². The first-order valence-electron chi connectivity index (χ1n) is 9.75. The smallest absolute Gasteiger partial charge is 0.355 e. The maximum Gasteiger partial charge on any atom is 0.416 e. The number of aromatic amines is 1. The summed E-state index contributed by atoms with van der Waals surface area (Å²) in [6, 6.07) is 11.5. The number of para-hydroxylation sites is 1. The first kappa shape index (κ1) is 23.5. The second kappa shape index (κ2) is 9.55. The van der Waals surface area contributed by atoms with E-state index >= 15 is 0 Å². The first-order chi connectivity index (χ1) is 15.6. The van der Waals surface area contributed by atoms with Gasteiger partial charge in [0.25, 0.3) is 11.6 Å². The molecular formula is C22H19F3N4O4. The lowest BCUT2D eigenvalue weighted by atomic mass is 10.0. The highest BCUT2D eigenvalue weighted by molar-refractivity contribution is 6.02. The third-order valence-corrected chi connectivity index (χ3v) is 4.74. The Bertz CT molecular complexity index is 1190. The average molecular weight is 460 g/mol. The van der Waals surface area contributed by atoms with Crippen LogP contribution in [0.1, 0.15) is 22.8 Å². The molecule has 0 atom stereocenters. The predicted octanol–water partition coefficient (Wildman–Crippen LogP) is 4.14. The van der Waals surface area contributed by atoms with Crippen LogP contribution in [0.15, 0.2) is 54.6 Å². The zero-order chi connectivity index (χ0) is 24.2. The summed E-state index contributed by atoms with van der Waals surface area (Å²) < 4.78 is 38.7. The highest BCUT2D eigenvalue weighted by atomic mass is 19.4. The highest BCUT2D eigenvalue weighted by Gasteiger charge is 2.30. The minimum Gasteiger partial charge on any atom is -0.355 e. The molecule has 0 fully saturated rings. The number of rotatable bonds is 7. The number of nitro benzene ring substituents is 1. The molecule has 172 valence electrons. The fourth-order valence-corrected chi connectivity index (χ4v) is 3.19. The summed E-state index contributed by atoms with van der Waals surface area (Å²) in [5.74, 6) is -0.834. The third-order valence-electron chi connectivity index (χ3n) is 4.74. The number of nitrogens with one attached hydrogen (secondary N) is 3. The summed E-state index contributed by atoms with van der Waals surface area (Å²) in [4.78, 5) is 37.7. The van der Waals surface area contributed by atoms with E-state index in [0.29, 0.717) is 11.3 Å². The number of amides is 2. The first-order valence-corrected chi connectivity index (χ1v) is 9.75. The number of aromatic nitrogens is 1. The Balaban J connectivity index is 2.02. The van der Waals surface area contributed by atoms with Gasteiger partial charge in [0, 0.05) is 31.8 Å². The van der Waals surface area contributed by atoms with Gasteiger partial charge in [0.15, 0.2) is 0 Å². The molecule has 0 saturated heterocycles. The minimum absolute atomic E-state index is 0.0713. The van der Waals surface area contributed by atoms with Gasteiger partial charge in [0.05, 0.1) is 27.3 Å². The fraction of sp³-hybridized carbons (Fsp3) is 0.182. The van der Waals surface area contributed by atoms with Crippen molar-refractivity contribution in [3.8, 4) is 22.5 Å². The summed E-state index contributed by atoms with van der Waals surface area (Å²) in [6.45, 7) is 1.62. The molecule has 0 saturated carbocycles. The standard InChI is InChI=1S/C22H19F3N4O4/c1-13(30)26-10-11-27-21(31)17-12-18(14-6-8-15(9-7-14)22(23,24)25)28-20(17)16-4-2-3-5-19(16)29(32)33/h2-9,12,28H,10-11H2,1H3,(H,26,30)(H,27,31). The molecule has 3 aromatic rings. The van der Waals surface area contributed by atoms with Crippen LogP contribution in [0, 0.1) is 10.1 Å². The summed E-state index contributed by atoms with van der Waals surface area (Å²) >= 11 is 0. The molecule has 0 aliphatic heterocycles. The Labute approximate surface area is 186 Å². The Morgan fingerprint density at radius 2 is 1.67 bits per heavy atom. The Morgan fingerprint density at radius 1 is 1.03 bits per heavy atom. The van der Waals surface area contributed by atoms with Crippen molar-refractivity contribution in [2.45, 2.75) is 13.1 Å². The number of hydrogen-bond donors (Lipinski definition) is 3. The number of alkyl halides is 3. The van der Waals surface area contributed by atoms with Crippen LogP contribution in [0.5, 0.6) is 0 Å². The van der Waals surface area contributed by atoms with Gasteiger partial charge in [-0.05, 0) is 29.8 Å². The van der Waals surface area contributed by atoms with Crippen LogP contribution in [-0.2, 0) is 11.0 Å². The molecule has 33 heavy (non-hydrogen) atoms. The van der Waals surface area contributed by atoms with Crippen molar-refractivity contribution in [2.75, 3.05) is 13.1 Å². The Kier molecular flexibility index (Phi) is 6.80. The van der Waals surface area contributed by atoms with Gasteiger partial charge in [-0.15, -0.1) is 0 Å². The maximum absolute atomic E-state index is 12.9. The van der Waals surface area contributed by atoms with Gasteiger partial charge in [-0.3, -0.25) is 19.7 Å². The van der Waals surface area contributed by atoms with E-state index in [1.807, 2.05) is 0 Å². The van der Waals surface area contributed by atoms with Crippen molar-refractivity contribution in [3.05, 3.63) is 75.8 Å². The Hall–Kier alpha value is -4.15. The highest BCUT2D eigenvalue weighted by Crippen LogP contribution is 2.35. The normalized spacial score (nSPS) is 11.2. The zero-order valence-corrected chi connectivity index (χ0v) is 17.3. The van der Waals surface area contributed by atoms with Gasteiger partial charge >= 0.3 is 6.18 Å². The molecule has 2 aromatic carbocycles. The van der Waals surface area contributed by atoms with Crippen LogP contribution in [0.3, 0.4) is 0 Å². The lowest BCUT2D eigenvalue weighted by Gasteiger charge is -2.07. The average Bonchev–Trinajstić information content (AvgIpc) is 3.21. The molecular weight excluding hydrogens is 441 g/mol. The molecule has 0 unspecified atom stereocenters. The predicted molar refractivity (Wildman–Crippen MR) is 114 cm³/mol. The summed E-state index contributed by atoms with van der Waals surface area (Å²) in [6.07, 6.45) is -4.50. The second-order valence-corrected chi connectivity index (χ2v) is 7.06. The van der Waals surface area contributed by atoms with E-state index in [-0.39, 0.29) is 41.5 Å². The number of H-pyrrole nitrogens is 1. The van der Waals surface area contributed by atoms with Crippen molar-refractivity contribution in [2.24, 2.45) is 0 Å². The number of halogens is 3. The number of nitro groups is 1. The molecule has 3 rings (SSSR count). The van der Waals surface area contributed by atoms with Crippen LogP contribution in [0.4, 0.5) is 18.9 Å². The number of nitrogens with zero attached hydrogens (tertiary/aromatic N) is 1. The van der Waals surface area contributed by atoms with Crippen molar-refractivity contribution < 1.29 is 27.7 Å². The summed E-state index contributed by atoms with van der Waals surface area (Å²) in [7, 11) is 0. The van der Waals surface area contributed by atoms with Gasteiger partial charge in [-0.1, -0.05) is 24.3 Å². The van der Waals surface area contributed by atoms with Crippen LogP contribution in [-0.4, -0.2) is 34.8 Å². The van der Waals surface area contributed by atoms with Crippen LogP contribution >= 0.6 is 0 Å². The second-order valence-electron chi connectivity index (χ2n) is 7.06. The Morgan fingerprint density at radius 3 is 2.27 bits per heavy atom. The van der Waals surface area contributed by atoms with Crippen molar-refractivity contribution in [1.82, 2.24) is 15.6 Å². The third kappa shape index (κ3) is 5.56. The molecule has 0 bridgehead atoms. The van der Waals surface area contributed by atoms with Gasteiger partial charge in [0.2, 0.25) is 5.91 Å². The number of carbonyl (C=O) groups excluding carboxylic acids is 2. The fourth-order valence-electron chi connectivity index (χ4n) is 3.19. The summed E-state index contributed by atoms with van der Waals surface area (Å²) in [5, 5.41) is 16.6. The largest absolute Gasteiger partial charge is 0.416 e. The van der Waals surface area contributed by atoms with E-state index in [1.165, 1.54) is 43.3 Å². The van der Waals surface area contributed by atoms with E-state index in [9.17, 15) is 32.9 Å². The molecule has 2 amide bonds. The van der Waals surface area contributed by atoms with Gasteiger partial charge in [0.1, 0.15) is 0 Å². The van der Waals surface area contributed by atoms with E-state index in [4.69, 9.17) is 0 Å². The quantitative estimate of drug-likeness (QED) is 0.279. The molecule has 1 aromatic heterocycles. The summed E-state index contributed by atoms with van der Waals surface area (Å²) in [5.41, 5.74) is -0.0359. The molecule has 8 nitrogen and oxygen atoms in total. The van der Waals surface area contributed by atoms with Gasteiger partial charge in [-0.25, -0.2) is 0 Å². The van der Waals surface area contributed by atoms with Gasteiger partial charge in [-0.2, -0.15) is 13.2 Å². The van der Waals surface area contributed by atoms with Crippen LogP contribution in [0.2, 0.25) is 0 Å². The van der Waals surface area contributed by atoms with E-state index in [0.717, 1.165) is 12.1 Å². The van der Waals surface area contributed by atoms with Crippen molar-refractivity contribution in [3.63, 3.8) is 0 Å². The topological polar surface area (TPSA) is 117 Å². The lowest BCUT2D eigenvalue weighted by Crippen LogP contribution is -2.33. The van der Waals surface area contributed by atoms with Crippen LogP contribution < -0.4 is 10.6 Å². The molecule has 0 aliphatic carbocycles. The number of carbonyl (C=O) groups is 2. The molecule has 1 heterocycles. The lowest BCUT2D eigenvalue weighted by molar-refractivity contribution is -0.384. The van der Waals surface area contributed by atoms with E-state index in [1.54, 1.807) is 6.07 Å². The monoisotopic (exact) mass is 460 g/mol. The van der Waals surface area contributed by atoms with E-state index in [2.05, 4.69) is 15.6 Å². The number of benzene rings is 2. The molecule has 11 heteroatoms. The molecule has 3 N–H and O–H groups in total.